The van der Waals surface area contributed by atoms with Crippen LogP contribution in [0.3, 0.4) is 0 Å². The molecule has 0 saturated heterocycles. The Balaban J connectivity index is 0.00000324. The fourth-order valence-electron chi connectivity index (χ4n) is 4.00. The lowest BCUT2D eigenvalue weighted by atomic mass is 9.98. The van der Waals surface area contributed by atoms with Gasteiger partial charge in [0.1, 0.15) is 0 Å². The quantitative estimate of drug-likeness (QED) is 0.284. The Morgan fingerprint density at radius 2 is 1.94 bits per heavy atom. The van der Waals surface area contributed by atoms with Crippen molar-refractivity contribution in [2.24, 2.45) is 0 Å². The van der Waals surface area contributed by atoms with Crippen molar-refractivity contribution < 1.29 is 26.9 Å². The molecule has 1 aliphatic heterocycles. The van der Waals surface area contributed by atoms with Gasteiger partial charge in [0.05, 0.1) is 18.9 Å². The summed E-state index contributed by atoms with van der Waals surface area (Å²) in [5.74, 6) is -0.0130. The first-order valence-electron chi connectivity index (χ1n) is 10.5. The molecule has 1 aromatic heterocycles. The molecule has 9 nitrogen and oxygen atoms in total. The number of carbonyl (C=O) groups excluding carboxylic acids is 1. The average Bonchev–Trinajstić information content (AvgIpc) is 3.36. The SMILES string of the molecule is COCCCNCc1ccc2[nH]c(-c3cc(OC)c(OS(C)(=O)=O)c4c3C(=O)NC4)cc2c1.Cl. The van der Waals surface area contributed by atoms with Crippen LogP contribution < -0.4 is 19.6 Å². The van der Waals surface area contributed by atoms with Gasteiger partial charge in [-0.3, -0.25) is 4.79 Å². The fraction of sp³-hybridized carbons (Fsp3) is 0.348. The largest absolute Gasteiger partial charge is 0.493 e. The van der Waals surface area contributed by atoms with Crippen molar-refractivity contribution in [3.63, 3.8) is 0 Å². The molecule has 3 aromatic rings. The number of ether oxygens (including phenoxy) is 2. The highest BCUT2D eigenvalue weighted by Gasteiger charge is 2.31. The molecule has 0 unspecified atom stereocenters. The second-order valence-corrected chi connectivity index (χ2v) is 9.48. The molecule has 3 N–H and O–H groups in total. The molecule has 0 aliphatic carbocycles. The maximum absolute atomic E-state index is 12.7. The van der Waals surface area contributed by atoms with Gasteiger partial charge in [0.2, 0.25) is 0 Å². The van der Waals surface area contributed by atoms with Crippen molar-refractivity contribution in [1.29, 1.82) is 0 Å². The summed E-state index contributed by atoms with van der Waals surface area (Å²) < 4.78 is 39.2. The summed E-state index contributed by atoms with van der Waals surface area (Å²) in [6, 6.07) is 9.75. The Labute approximate surface area is 204 Å². The number of hydrogen-bond donors (Lipinski definition) is 3. The van der Waals surface area contributed by atoms with E-state index in [1.807, 2.05) is 18.2 Å². The number of H-pyrrole nitrogens is 1. The van der Waals surface area contributed by atoms with Crippen LogP contribution in [0.4, 0.5) is 0 Å². The topological polar surface area (TPSA) is 119 Å². The van der Waals surface area contributed by atoms with Crippen LogP contribution in [-0.4, -0.2) is 52.9 Å². The zero-order chi connectivity index (χ0) is 23.6. The van der Waals surface area contributed by atoms with Crippen LogP contribution in [0.15, 0.2) is 30.3 Å². The molecule has 184 valence electrons. The summed E-state index contributed by atoms with van der Waals surface area (Å²) in [4.78, 5) is 16.0. The Kier molecular flexibility index (Phi) is 8.09. The maximum atomic E-state index is 12.7. The standard InChI is InChI=1S/C23H27N3O6S.ClH/c1-30-8-4-7-24-12-14-5-6-18-15(9-14)10-19(26-18)16-11-20(31-2)22(32-33(3,28)29)17-13-25-23(27)21(16)17;/h5-6,9-11,24,26H,4,7-8,12-13H2,1-3H3,(H,25,27);1H. The van der Waals surface area contributed by atoms with E-state index in [1.54, 1.807) is 13.2 Å². The van der Waals surface area contributed by atoms with Crippen molar-refractivity contribution in [3.05, 3.63) is 47.0 Å². The summed E-state index contributed by atoms with van der Waals surface area (Å²) in [7, 11) is -0.679. The minimum atomic E-state index is -3.80. The van der Waals surface area contributed by atoms with Gasteiger partial charge in [-0.2, -0.15) is 8.42 Å². The van der Waals surface area contributed by atoms with Crippen LogP contribution in [0.2, 0.25) is 0 Å². The van der Waals surface area contributed by atoms with Gasteiger partial charge in [-0.25, -0.2) is 0 Å². The molecular formula is C23H28ClN3O6S. The number of amides is 1. The summed E-state index contributed by atoms with van der Waals surface area (Å²) in [6.45, 7) is 2.49. The van der Waals surface area contributed by atoms with Crippen LogP contribution in [0, 0.1) is 0 Å². The van der Waals surface area contributed by atoms with Gasteiger partial charge in [-0.15, -0.1) is 12.4 Å². The van der Waals surface area contributed by atoms with E-state index in [0.717, 1.165) is 54.5 Å². The number of methoxy groups -OCH3 is 2. The molecule has 1 amide bonds. The van der Waals surface area contributed by atoms with E-state index in [0.29, 0.717) is 16.7 Å². The van der Waals surface area contributed by atoms with Crippen LogP contribution >= 0.6 is 12.4 Å². The van der Waals surface area contributed by atoms with Gasteiger partial charge >= 0.3 is 10.1 Å². The van der Waals surface area contributed by atoms with Crippen LogP contribution in [0.25, 0.3) is 22.2 Å². The normalized spacial score (nSPS) is 12.9. The number of nitrogens with one attached hydrogen (secondary N) is 3. The smallest absolute Gasteiger partial charge is 0.306 e. The van der Waals surface area contributed by atoms with Crippen LogP contribution in [-0.2, 0) is 27.9 Å². The second-order valence-electron chi connectivity index (χ2n) is 7.91. The molecule has 0 atom stereocenters. The summed E-state index contributed by atoms with van der Waals surface area (Å²) in [5, 5.41) is 7.15. The molecule has 0 saturated carbocycles. The van der Waals surface area contributed by atoms with Gasteiger partial charge < -0.3 is 29.3 Å². The van der Waals surface area contributed by atoms with Crippen molar-refractivity contribution in [2.45, 2.75) is 19.5 Å². The maximum Gasteiger partial charge on any atom is 0.306 e. The third-order valence-electron chi connectivity index (χ3n) is 5.46. The third kappa shape index (κ3) is 5.47. The zero-order valence-electron chi connectivity index (χ0n) is 19.2. The highest BCUT2D eigenvalue weighted by molar-refractivity contribution is 7.86. The molecule has 4 rings (SSSR count). The molecular weight excluding hydrogens is 482 g/mol. The monoisotopic (exact) mass is 509 g/mol. The Hall–Kier alpha value is -2.79. The first kappa shape index (κ1) is 25.8. The van der Waals surface area contributed by atoms with E-state index >= 15 is 0 Å². The average molecular weight is 510 g/mol. The lowest BCUT2D eigenvalue weighted by Crippen LogP contribution is -2.15. The van der Waals surface area contributed by atoms with Crippen LogP contribution in [0.5, 0.6) is 11.5 Å². The van der Waals surface area contributed by atoms with Gasteiger partial charge in [-0.1, -0.05) is 6.07 Å². The predicted molar refractivity (Wildman–Crippen MR) is 132 cm³/mol. The van der Waals surface area contributed by atoms with Gasteiger partial charge in [0, 0.05) is 54.5 Å². The summed E-state index contributed by atoms with van der Waals surface area (Å²) in [5.41, 5.74) is 4.25. The Morgan fingerprint density at radius 1 is 1.15 bits per heavy atom. The van der Waals surface area contributed by atoms with Crippen LogP contribution in [0.1, 0.15) is 27.9 Å². The Bertz CT molecular complexity index is 1310. The summed E-state index contributed by atoms with van der Waals surface area (Å²) in [6.07, 6.45) is 1.90. The van der Waals surface area contributed by atoms with Crippen molar-refractivity contribution >= 4 is 39.3 Å². The zero-order valence-corrected chi connectivity index (χ0v) is 20.8. The highest BCUT2D eigenvalue weighted by atomic mass is 35.5. The number of hydrogen-bond acceptors (Lipinski definition) is 7. The van der Waals surface area contributed by atoms with E-state index < -0.39 is 10.1 Å². The molecule has 0 spiro atoms. The van der Waals surface area contributed by atoms with Crippen molar-refractivity contribution in [2.75, 3.05) is 33.6 Å². The number of carbonyl (C=O) groups is 1. The third-order valence-corrected chi connectivity index (χ3v) is 5.93. The highest BCUT2D eigenvalue weighted by Crippen LogP contribution is 2.43. The molecule has 1 aliphatic rings. The molecule has 11 heteroatoms. The number of halogens is 1. The van der Waals surface area contributed by atoms with Crippen molar-refractivity contribution in [3.8, 4) is 22.8 Å². The molecule has 2 aromatic carbocycles. The molecule has 2 heterocycles. The number of aromatic nitrogens is 1. The number of rotatable bonds is 10. The Morgan fingerprint density at radius 3 is 2.65 bits per heavy atom. The number of benzene rings is 2. The van der Waals surface area contributed by atoms with E-state index in [2.05, 4.69) is 21.7 Å². The van der Waals surface area contributed by atoms with E-state index in [9.17, 15) is 13.2 Å². The predicted octanol–water partition coefficient (Wildman–Crippen LogP) is 2.97. The minimum absolute atomic E-state index is 0. The number of fused-ring (bicyclic) bond motifs is 2. The van der Waals surface area contributed by atoms with E-state index in [4.69, 9.17) is 13.7 Å². The van der Waals surface area contributed by atoms with Gasteiger partial charge in [0.15, 0.2) is 11.5 Å². The van der Waals surface area contributed by atoms with E-state index in [-0.39, 0.29) is 36.4 Å². The molecule has 34 heavy (non-hydrogen) atoms. The molecule has 0 fully saturated rings. The fourth-order valence-corrected chi connectivity index (χ4v) is 4.48. The lowest BCUT2D eigenvalue weighted by Gasteiger charge is -2.15. The number of aromatic amines is 1. The van der Waals surface area contributed by atoms with Gasteiger partial charge in [0.25, 0.3) is 5.91 Å². The minimum Gasteiger partial charge on any atom is -0.493 e. The molecule has 0 radical (unpaired) electrons. The van der Waals surface area contributed by atoms with Gasteiger partial charge in [-0.05, 0) is 42.8 Å². The second kappa shape index (κ2) is 10.6. The first-order valence-corrected chi connectivity index (χ1v) is 12.4. The lowest BCUT2D eigenvalue weighted by molar-refractivity contribution is 0.0966. The van der Waals surface area contributed by atoms with Crippen molar-refractivity contribution in [1.82, 2.24) is 15.6 Å². The van der Waals surface area contributed by atoms with E-state index in [1.165, 1.54) is 7.11 Å². The summed E-state index contributed by atoms with van der Waals surface area (Å²) >= 11 is 0. The first-order chi connectivity index (χ1) is 15.8. The molecule has 0 bridgehead atoms.